The number of imidazole rings is 1. The lowest BCUT2D eigenvalue weighted by Crippen LogP contribution is -2.08. The Hall–Kier alpha value is -2.30. The molecule has 0 aliphatic rings. The van der Waals surface area contributed by atoms with Gasteiger partial charge in [-0.3, -0.25) is 0 Å². The lowest BCUT2D eigenvalue weighted by molar-refractivity contribution is 0.0693. The zero-order valence-electron chi connectivity index (χ0n) is 9.54. The van der Waals surface area contributed by atoms with Crippen molar-refractivity contribution < 1.29 is 14.6 Å². The van der Waals surface area contributed by atoms with E-state index >= 15 is 0 Å². The summed E-state index contributed by atoms with van der Waals surface area (Å²) in [5.74, 6) is 0.0365. The Kier molecular flexibility index (Phi) is 2.82. The van der Waals surface area contributed by atoms with Crippen molar-refractivity contribution in [1.82, 2.24) is 9.55 Å². The number of ether oxygens (including phenoxy) is 1. The van der Waals surface area contributed by atoms with E-state index in [2.05, 4.69) is 4.98 Å². The lowest BCUT2D eigenvalue weighted by Gasteiger charge is -2.12. The molecule has 0 fully saturated rings. The highest BCUT2D eigenvalue weighted by molar-refractivity contribution is 5.95. The highest BCUT2D eigenvalue weighted by atomic mass is 16.5. The molecule has 5 heteroatoms. The van der Waals surface area contributed by atoms with Crippen molar-refractivity contribution >= 4 is 5.97 Å². The van der Waals surface area contributed by atoms with Gasteiger partial charge in [0.1, 0.15) is 17.1 Å². The minimum Gasteiger partial charge on any atom is -0.496 e. The summed E-state index contributed by atoms with van der Waals surface area (Å²) in [6.07, 6.45) is 3.34. The van der Waals surface area contributed by atoms with Gasteiger partial charge >= 0.3 is 5.97 Å². The Morgan fingerprint density at radius 3 is 2.76 bits per heavy atom. The SMILES string of the molecule is COc1cccc(-n2ccnc2C)c1C(=O)O. The number of nitrogens with zero attached hydrogens (tertiary/aromatic N) is 2. The van der Waals surface area contributed by atoms with E-state index in [-0.39, 0.29) is 5.56 Å². The van der Waals surface area contributed by atoms with Gasteiger partial charge in [0.05, 0.1) is 12.8 Å². The predicted octanol–water partition coefficient (Wildman–Crippen LogP) is 1.89. The monoisotopic (exact) mass is 232 g/mol. The molecule has 2 aromatic rings. The molecule has 0 atom stereocenters. The minimum atomic E-state index is -1.02. The number of aromatic nitrogens is 2. The number of hydrogen-bond acceptors (Lipinski definition) is 3. The summed E-state index contributed by atoms with van der Waals surface area (Å²) in [7, 11) is 1.45. The van der Waals surface area contributed by atoms with Crippen LogP contribution in [0.25, 0.3) is 5.69 Å². The van der Waals surface area contributed by atoms with Crippen molar-refractivity contribution in [2.24, 2.45) is 0 Å². The first-order valence-corrected chi connectivity index (χ1v) is 5.05. The molecule has 0 aliphatic carbocycles. The Morgan fingerprint density at radius 2 is 2.24 bits per heavy atom. The molecule has 0 radical (unpaired) electrons. The van der Waals surface area contributed by atoms with Crippen molar-refractivity contribution in [1.29, 1.82) is 0 Å². The summed E-state index contributed by atoms with van der Waals surface area (Å²) in [5, 5.41) is 9.25. The molecule has 1 aromatic heterocycles. The van der Waals surface area contributed by atoms with Gasteiger partial charge in [0, 0.05) is 12.4 Å². The second kappa shape index (κ2) is 4.29. The highest BCUT2D eigenvalue weighted by Gasteiger charge is 2.18. The summed E-state index contributed by atoms with van der Waals surface area (Å²) >= 11 is 0. The number of aromatic carboxylic acids is 1. The maximum absolute atomic E-state index is 11.3. The Bertz CT molecular complexity index is 561. The van der Waals surface area contributed by atoms with Crippen LogP contribution in [0.3, 0.4) is 0 Å². The standard InChI is InChI=1S/C12H12N2O3/c1-8-13-6-7-14(8)9-4-3-5-10(17-2)11(9)12(15)16/h3-7H,1-2H3,(H,15,16). The van der Waals surface area contributed by atoms with Gasteiger partial charge in [-0.25, -0.2) is 9.78 Å². The third-order valence-corrected chi connectivity index (χ3v) is 2.52. The van der Waals surface area contributed by atoms with Crippen LogP contribution >= 0.6 is 0 Å². The van der Waals surface area contributed by atoms with Gasteiger partial charge < -0.3 is 14.4 Å². The van der Waals surface area contributed by atoms with Crippen molar-refractivity contribution in [3.05, 3.63) is 42.0 Å². The van der Waals surface area contributed by atoms with Gasteiger partial charge in [-0.15, -0.1) is 0 Å². The van der Waals surface area contributed by atoms with E-state index in [1.807, 2.05) is 6.92 Å². The second-order valence-corrected chi connectivity index (χ2v) is 3.50. The van der Waals surface area contributed by atoms with Crippen LogP contribution in [-0.2, 0) is 0 Å². The lowest BCUT2D eigenvalue weighted by atomic mass is 10.1. The molecule has 0 amide bonds. The third kappa shape index (κ3) is 1.87. The van der Waals surface area contributed by atoms with E-state index in [0.717, 1.165) is 5.82 Å². The quantitative estimate of drug-likeness (QED) is 0.877. The van der Waals surface area contributed by atoms with Crippen molar-refractivity contribution in [3.63, 3.8) is 0 Å². The summed E-state index contributed by atoms with van der Waals surface area (Å²) in [5.41, 5.74) is 0.683. The van der Waals surface area contributed by atoms with E-state index in [4.69, 9.17) is 4.74 Å². The summed E-state index contributed by atoms with van der Waals surface area (Å²) in [6, 6.07) is 5.10. The number of carboxylic acids is 1. The van der Waals surface area contributed by atoms with Gasteiger partial charge in [-0.2, -0.15) is 0 Å². The number of aryl methyl sites for hydroxylation is 1. The smallest absolute Gasteiger partial charge is 0.341 e. The fourth-order valence-electron chi connectivity index (χ4n) is 1.74. The molecule has 1 aromatic carbocycles. The first-order chi connectivity index (χ1) is 8.15. The number of hydrogen-bond donors (Lipinski definition) is 1. The van der Waals surface area contributed by atoms with E-state index in [1.54, 1.807) is 35.2 Å². The molecule has 1 N–H and O–H groups in total. The molecule has 17 heavy (non-hydrogen) atoms. The summed E-state index contributed by atoms with van der Waals surface area (Å²) in [4.78, 5) is 15.4. The number of methoxy groups -OCH3 is 1. The molecule has 0 spiro atoms. The van der Waals surface area contributed by atoms with Gasteiger partial charge in [0.2, 0.25) is 0 Å². The van der Waals surface area contributed by atoms with Crippen LogP contribution in [0, 0.1) is 6.92 Å². The van der Waals surface area contributed by atoms with Gasteiger partial charge in [0.25, 0.3) is 0 Å². The maximum Gasteiger partial charge on any atom is 0.341 e. The van der Waals surface area contributed by atoms with Crippen molar-refractivity contribution in [2.45, 2.75) is 6.92 Å². The maximum atomic E-state index is 11.3. The normalized spacial score (nSPS) is 10.2. The zero-order chi connectivity index (χ0) is 12.4. The molecule has 88 valence electrons. The molecule has 0 saturated carbocycles. The second-order valence-electron chi connectivity index (χ2n) is 3.50. The van der Waals surface area contributed by atoms with E-state index < -0.39 is 5.97 Å². The highest BCUT2D eigenvalue weighted by Crippen LogP contribution is 2.25. The number of carboxylic acid groups (broad SMARTS) is 1. The van der Waals surface area contributed by atoms with Crippen molar-refractivity contribution in [3.8, 4) is 11.4 Å². The van der Waals surface area contributed by atoms with Crippen LogP contribution in [0.2, 0.25) is 0 Å². The number of benzene rings is 1. The van der Waals surface area contributed by atoms with E-state index in [1.165, 1.54) is 7.11 Å². The molecule has 1 heterocycles. The molecule has 0 saturated heterocycles. The molecule has 0 aliphatic heterocycles. The third-order valence-electron chi connectivity index (χ3n) is 2.52. The van der Waals surface area contributed by atoms with Crippen LogP contribution in [0.5, 0.6) is 5.75 Å². The van der Waals surface area contributed by atoms with E-state index in [9.17, 15) is 9.90 Å². The fraction of sp³-hybridized carbons (Fsp3) is 0.167. The molecular weight excluding hydrogens is 220 g/mol. The van der Waals surface area contributed by atoms with Crippen LogP contribution in [0.1, 0.15) is 16.2 Å². The molecule has 0 unspecified atom stereocenters. The first kappa shape index (κ1) is 11.2. The van der Waals surface area contributed by atoms with Crippen LogP contribution in [-0.4, -0.2) is 27.7 Å². The largest absolute Gasteiger partial charge is 0.496 e. The average Bonchev–Trinajstić information content (AvgIpc) is 2.74. The Balaban J connectivity index is 2.70. The predicted molar refractivity (Wildman–Crippen MR) is 61.8 cm³/mol. The summed E-state index contributed by atoms with van der Waals surface area (Å²) < 4.78 is 6.78. The van der Waals surface area contributed by atoms with Gasteiger partial charge in [-0.05, 0) is 19.1 Å². The van der Waals surface area contributed by atoms with Gasteiger partial charge in [-0.1, -0.05) is 6.07 Å². The van der Waals surface area contributed by atoms with E-state index in [0.29, 0.717) is 11.4 Å². The molecule has 0 bridgehead atoms. The number of carbonyl (C=O) groups is 1. The fourth-order valence-corrected chi connectivity index (χ4v) is 1.74. The topological polar surface area (TPSA) is 64.4 Å². The summed E-state index contributed by atoms with van der Waals surface area (Å²) in [6.45, 7) is 1.81. The molecule has 2 rings (SSSR count). The molecular formula is C12H12N2O3. The van der Waals surface area contributed by atoms with Crippen LogP contribution < -0.4 is 4.74 Å². The number of rotatable bonds is 3. The Labute approximate surface area is 98.3 Å². The first-order valence-electron chi connectivity index (χ1n) is 5.05. The van der Waals surface area contributed by atoms with Crippen LogP contribution in [0.15, 0.2) is 30.6 Å². The Morgan fingerprint density at radius 1 is 1.47 bits per heavy atom. The van der Waals surface area contributed by atoms with Crippen LogP contribution in [0.4, 0.5) is 0 Å². The average molecular weight is 232 g/mol. The van der Waals surface area contributed by atoms with Gasteiger partial charge in [0.15, 0.2) is 0 Å². The van der Waals surface area contributed by atoms with Crippen molar-refractivity contribution in [2.75, 3.05) is 7.11 Å². The zero-order valence-corrected chi connectivity index (χ0v) is 9.54. The minimum absolute atomic E-state index is 0.135. The molecule has 5 nitrogen and oxygen atoms in total.